The van der Waals surface area contributed by atoms with Crippen LogP contribution in [0.2, 0.25) is 0 Å². The van der Waals surface area contributed by atoms with Crippen molar-refractivity contribution in [2.24, 2.45) is 5.92 Å². The second-order valence-corrected chi connectivity index (χ2v) is 9.32. The van der Waals surface area contributed by atoms with Crippen molar-refractivity contribution in [3.8, 4) is 11.5 Å². The Morgan fingerprint density at radius 3 is 2.60 bits per heavy atom. The fourth-order valence-electron chi connectivity index (χ4n) is 3.83. The van der Waals surface area contributed by atoms with Gasteiger partial charge in [-0.3, -0.25) is 0 Å². The van der Waals surface area contributed by atoms with Gasteiger partial charge in [0.2, 0.25) is 10.0 Å². The van der Waals surface area contributed by atoms with E-state index in [1.807, 2.05) is 24.3 Å². The minimum absolute atomic E-state index is 0.190. The Hall–Kier alpha value is -2.78. The second kappa shape index (κ2) is 7.81. The topological polar surface area (TPSA) is 93.9 Å². The molecule has 30 heavy (non-hydrogen) atoms. The number of oxazole rings is 1. The highest BCUT2D eigenvalue weighted by Crippen LogP contribution is 2.32. The third-order valence-corrected chi connectivity index (χ3v) is 6.97. The van der Waals surface area contributed by atoms with Gasteiger partial charge in [0.15, 0.2) is 17.1 Å². The van der Waals surface area contributed by atoms with Crippen molar-refractivity contribution in [1.29, 1.82) is 0 Å². The number of hydrogen-bond acceptors (Lipinski definition) is 7. The van der Waals surface area contributed by atoms with Crippen molar-refractivity contribution >= 4 is 27.1 Å². The molecule has 1 N–H and O–H groups in total. The molecule has 0 spiro atoms. The summed E-state index contributed by atoms with van der Waals surface area (Å²) in [5.74, 6) is 1.31. The third-order valence-electron chi connectivity index (χ3n) is 5.55. The Labute approximate surface area is 174 Å². The average Bonchev–Trinajstić information content (AvgIpc) is 3.22. The monoisotopic (exact) mass is 429 g/mol. The van der Waals surface area contributed by atoms with Gasteiger partial charge in [0.1, 0.15) is 18.7 Å². The maximum atomic E-state index is 12.7. The van der Waals surface area contributed by atoms with Gasteiger partial charge in [-0.05, 0) is 43.0 Å². The van der Waals surface area contributed by atoms with Gasteiger partial charge in [0.25, 0.3) is 6.01 Å². The van der Waals surface area contributed by atoms with Gasteiger partial charge < -0.3 is 18.8 Å². The van der Waals surface area contributed by atoms with E-state index in [1.165, 1.54) is 6.07 Å². The molecular weight excluding hydrogens is 406 g/mol. The van der Waals surface area contributed by atoms with Gasteiger partial charge >= 0.3 is 0 Å². The van der Waals surface area contributed by atoms with Gasteiger partial charge in [0, 0.05) is 25.7 Å². The predicted octanol–water partition coefficient (Wildman–Crippen LogP) is 2.79. The number of aromatic nitrogens is 1. The van der Waals surface area contributed by atoms with E-state index in [9.17, 15) is 8.42 Å². The molecule has 8 nitrogen and oxygen atoms in total. The number of hydrogen-bond donors (Lipinski definition) is 1. The molecule has 3 aromatic rings. The SMILES string of the molecule is O=S(=O)(NCC1CCN(c2nc3ccccc3o2)CC1)c1ccc2c(c1)OCCO2. The minimum Gasteiger partial charge on any atom is -0.486 e. The van der Waals surface area contributed by atoms with Crippen LogP contribution in [0.4, 0.5) is 6.01 Å². The molecule has 0 radical (unpaired) electrons. The van der Waals surface area contributed by atoms with E-state index in [2.05, 4.69) is 14.6 Å². The Morgan fingerprint density at radius 1 is 1.03 bits per heavy atom. The molecule has 158 valence electrons. The van der Waals surface area contributed by atoms with Crippen LogP contribution in [0.15, 0.2) is 51.8 Å². The summed E-state index contributed by atoms with van der Waals surface area (Å²) < 4.78 is 44.9. The first-order valence-electron chi connectivity index (χ1n) is 10.1. The first-order valence-corrected chi connectivity index (χ1v) is 11.6. The number of para-hydroxylation sites is 2. The normalized spacial score (nSPS) is 17.4. The summed E-state index contributed by atoms with van der Waals surface area (Å²) in [5, 5.41) is 0. The van der Waals surface area contributed by atoms with E-state index in [-0.39, 0.29) is 10.8 Å². The lowest BCUT2D eigenvalue weighted by Gasteiger charge is -2.30. The standard InChI is InChI=1S/C21H23N3O5S/c25-30(26,16-5-6-19-20(13-16)28-12-11-27-19)22-14-15-7-9-24(10-8-15)21-23-17-3-1-2-4-18(17)29-21/h1-6,13,15,22H,7-12,14H2. The summed E-state index contributed by atoms with van der Waals surface area (Å²) >= 11 is 0. The van der Waals surface area contributed by atoms with Crippen molar-refractivity contribution in [2.75, 3.05) is 37.7 Å². The van der Waals surface area contributed by atoms with Crippen LogP contribution >= 0.6 is 0 Å². The van der Waals surface area contributed by atoms with Crippen LogP contribution in [0.3, 0.4) is 0 Å². The summed E-state index contributed by atoms with van der Waals surface area (Å²) in [5.41, 5.74) is 1.63. The quantitative estimate of drug-likeness (QED) is 0.666. The van der Waals surface area contributed by atoms with Gasteiger partial charge in [-0.15, -0.1) is 0 Å². The van der Waals surface area contributed by atoms with Crippen LogP contribution in [0.1, 0.15) is 12.8 Å². The van der Waals surface area contributed by atoms with E-state index in [1.54, 1.807) is 12.1 Å². The van der Waals surface area contributed by atoms with Gasteiger partial charge in [-0.1, -0.05) is 12.1 Å². The highest BCUT2D eigenvalue weighted by atomic mass is 32.2. The molecule has 0 saturated carbocycles. The van der Waals surface area contributed by atoms with Crippen molar-refractivity contribution in [1.82, 2.24) is 9.71 Å². The van der Waals surface area contributed by atoms with Gasteiger partial charge in [-0.25, -0.2) is 13.1 Å². The van der Waals surface area contributed by atoms with Crippen molar-refractivity contribution < 1.29 is 22.3 Å². The smallest absolute Gasteiger partial charge is 0.298 e. The average molecular weight is 429 g/mol. The van der Waals surface area contributed by atoms with E-state index in [0.29, 0.717) is 37.3 Å². The number of nitrogens with zero attached hydrogens (tertiary/aromatic N) is 2. The fraction of sp³-hybridized carbons (Fsp3) is 0.381. The van der Waals surface area contributed by atoms with Crippen LogP contribution in [-0.2, 0) is 10.0 Å². The molecule has 0 bridgehead atoms. The number of sulfonamides is 1. The van der Waals surface area contributed by atoms with E-state index in [0.717, 1.165) is 37.0 Å². The number of ether oxygens (including phenoxy) is 2. The van der Waals surface area contributed by atoms with E-state index >= 15 is 0 Å². The number of fused-ring (bicyclic) bond motifs is 2. The van der Waals surface area contributed by atoms with Crippen LogP contribution in [0.25, 0.3) is 11.1 Å². The molecule has 2 aromatic carbocycles. The summed E-state index contributed by atoms with van der Waals surface area (Å²) in [6.45, 7) is 2.85. The van der Waals surface area contributed by atoms with E-state index < -0.39 is 10.0 Å². The molecule has 0 atom stereocenters. The number of piperidine rings is 1. The Bertz CT molecular complexity index is 1120. The molecule has 0 aliphatic carbocycles. The molecule has 5 rings (SSSR count). The van der Waals surface area contributed by atoms with Crippen molar-refractivity contribution in [3.05, 3.63) is 42.5 Å². The lowest BCUT2D eigenvalue weighted by molar-refractivity contribution is 0.171. The highest BCUT2D eigenvalue weighted by molar-refractivity contribution is 7.89. The lowest BCUT2D eigenvalue weighted by atomic mass is 9.97. The summed E-state index contributed by atoms with van der Waals surface area (Å²) in [7, 11) is -3.61. The summed E-state index contributed by atoms with van der Waals surface area (Å²) in [6, 6.07) is 13.0. The second-order valence-electron chi connectivity index (χ2n) is 7.55. The molecule has 0 amide bonds. The van der Waals surface area contributed by atoms with Crippen LogP contribution in [0, 0.1) is 5.92 Å². The number of anilines is 1. The van der Waals surface area contributed by atoms with Gasteiger partial charge in [0.05, 0.1) is 4.90 Å². The molecular formula is C21H23N3O5S. The van der Waals surface area contributed by atoms with Crippen LogP contribution < -0.4 is 19.1 Å². The largest absolute Gasteiger partial charge is 0.486 e. The van der Waals surface area contributed by atoms with Crippen molar-refractivity contribution in [3.63, 3.8) is 0 Å². The molecule has 1 fully saturated rings. The Balaban J connectivity index is 1.18. The molecule has 2 aliphatic rings. The number of nitrogens with one attached hydrogen (secondary N) is 1. The zero-order valence-corrected chi connectivity index (χ0v) is 17.2. The van der Waals surface area contributed by atoms with Crippen LogP contribution in [-0.4, -0.2) is 46.2 Å². The first kappa shape index (κ1) is 19.2. The van der Waals surface area contributed by atoms with Crippen LogP contribution in [0.5, 0.6) is 11.5 Å². The fourth-order valence-corrected chi connectivity index (χ4v) is 4.96. The molecule has 0 unspecified atom stereocenters. The Kier molecular flexibility index (Phi) is 5.00. The molecule has 1 saturated heterocycles. The maximum Gasteiger partial charge on any atom is 0.298 e. The number of benzene rings is 2. The molecule has 1 aromatic heterocycles. The molecule has 3 heterocycles. The van der Waals surface area contributed by atoms with Crippen molar-refractivity contribution in [2.45, 2.75) is 17.7 Å². The lowest BCUT2D eigenvalue weighted by Crippen LogP contribution is -2.38. The zero-order chi connectivity index (χ0) is 20.6. The zero-order valence-electron chi connectivity index (χ0n) is 16.4. The molecule has 2 aliphatic heterocycles. The summed E-state index contributed by atoms with van der Waals surface area (Å²) in [6.07, 6.45) is 1.73. The molecule has 9 heteroatoms. The first-order chi connectivity index (χ1) is 14.6. The minimum atomic E-state index is -3.61. The number of rotatable bonds is 5. The van der Waals surface area contributed by atoms with Gasteiger partial charge in [-0.2, -0.15) is 4.98 Å². The predicted molar refractivity (Wildman–Crippen MR) is 112 cm³/mol. The summed E-state index contributed by atoms with van der Waals surface area (Å²) in [4.78, 5) is 6.85. The van der Waals surface area contributed by atoms with E-state index in [4.69, 9.17) is 13.9 Å². The maximum absolute atomic E-state index is 12.7. The third kappa shape index (κ3) is 3.82. The Morgan fingerprint density at radius 2 is 1.80 bits per heavy atom. The highest BCUT2D eigenvalue weighted by Gasteiger charge is 2.25.